The van der Waals surface area contributed by atoms with Gasteiger partial charge in [0.05, 0.1) is 6.20 Å². The molecule has 0 radical (unpaired) electrons. The number of carbonyl (C=O) groups is 1. The van der Waals surface area contributed by atoms with E-state index >= 15 is 0 Å². The molecule has 1 aromatic heterocycles. The van der Waals surface area contributed by atoms with Gasteiger partial charge in [-0.1, -0.05) is 6.42 Å². The van der Waals surface area contributed by atoms with Crippen LogP contribution in [-0.4, -0.2) is 33.2 Å². The third kappa shape index (κ3) is 3.05. The molecule has 3 rings (SSSR count). The Morgan fingerprint density at radius 3 is 2.64 bits per heavy atom. The zero-order valence-corrected chi connectivity index (χ0v) is 13.7. The van der Waals surface area contributed by atoms with Crippen molar-refractivity contribution in [1.29, 1.82) is 0 Å². The molecule has 2 atom stereocenters. The molecule has 5 nitrogen and oxygen atoms in total. The van der Waals surface area contributed by atoms with Crippen LogP contribution < -0.4 is 5.73 Å². The molecule has 122 valence electrons. The van der Waals surface area contributed by atoms with Crippen LogP contribution in [0, 0.1) is 17.8 Å². The van der Waals surface area contributed by atoms with Crippen LogP contribution in [0.3, 0.4) is 0 Å². The standard InChI is InChI=1S/C17H28N4O/c1-3-21(11-12-9-19-20(2)10-12)17(22)15-7-13-5-4-6-14(8-15)16(13)18/h9-10,13-16H,3-8,11,18H2,1-2H3. The molecule has 2 saturated carbocycles. The van der Waals surface area contributed by atoms with Crippen LogP contribution in [0.2, 0.25) is 0 Å². The summed E-state index contributed by atoms with van der Waals surface area (Å²) in [6, 6.07) is 0.325. The smallest absolute Gasteiger partial charge is 0.225 e. The fourth-order valence-corrected chi connectivity index (χ4v) is 4.37. The Hall–Kier alpha value is -1.36. The number of aryl methyl sites for hydroxylation is 1. The molecule has 5 heteroatoms. The van der Waals surface area contributed by atoms with Gasteiger partial charge in [0.1, 0.15) is 0 Å². The van der Waals surface area contributed by atoms with Crippen molar-refractivity contribution in [1.82, 2.24) is 14.7 Å². The fourth-order valence-electron chi connectivity index (χ4n) is 4.37. The average Bonchev–Trinajstić information content (AvgIpc) is 2.89. The first-order valence-corrected chi connectivity index (χ1v) is 8.60. The van der Waals surface area contributed by atoms with E-state index < -0.39 is 0 Å². The lowest BCUT2D eigenvalue weighted by molar-refractivity contribution is -0.139. The van der Waals surface area contributed by atoms with E-state index in [0.717, 1.165) is 24.9 Å². The van der Waals surface area contributed by atoms with Crippen molar-refractivity contribution >= 4 is 5.91 Å². The number of nitrogens with zero attached hydrogens (tertiary/aromatic N) is 3. The molecule has 2 bridgehead atoms. The molecule has 2 fully saturated rings. The van der Waals surface area contributed by atoms with E-state index in [1.165, 1.54) is 19.3 Å². The molecule has 0 spiro atoms. The summed E-state index contributed by atoms with van der Waals surface area (Å²) in [6.07, 6.45) is 9.51. The van der Waals surface area contributed by atoms with Crippen molar-refractivity contribution in [3.8, 4) is 0 Å². The SMILES string of the molecule is CCN(Cc1cnn(C)c1)C(=O)C1CC2CCCC(C1)C2N. The fraction of sp³-hybridized carbons (Fsp3) is 0.765. The average molecular weight is 304 g/mol. The second kappa shape index (κ2) is 6.41. The van der Waals surface area contributed by atoms with Crippen LogP contribution in [0.25, 0.3) is 0 Å². The lowest BCUT2D eigenvalue weighted by Crippen LogP contribution is -2.49. The van der Waals surface area contributed by atoms with Gasteiger partial charge >= 0.3 is 0 Å². The number of nitrogens with two attached hydrogens (primary N) is 1. The Kier molecular flexibility index (Phi) is 4.52. The predicted octanol–water partition coefficient (Wildman–Crippen LogP) is 1.92. The summed E-state index contributed by atoms with van der Waals surface area (Å²) in [6.45, 7) is 3.48. The van der Waals surface area contributed by atoms with E-state index in [1.807, 2.05) is 24.3 Å². The zero-order chi connectivity index (χ0) is 15.7. The van der Waals surface area contributed by atoms with Crippen molar-refractivity contribution in [2.45, 2.75) is 51.6 Å². The van der Waals surface area contributed by atoms with Gasteiger partial charge in [-0.15, -0.1) is 0 Å². The van der Waals surface area contributed by atoms with Gasteiger partial charge in [-0.25, -0.2) is 0 Å². The minimum Gasteiger partial charge on any atom is -0.338 e. The van der Waals surface area contributed by atoms with Crippen molar-refractivity contribution in [3.05, 3.63) is 18.0 Å². The Bertz CT molecular complexity index is 512. The van der Waals surface area contributed by atoms with Crippen molar-refractivity contribution in [2.24, 2.45) is 30.5 Å². The maximum atomic E-state index is 12.9. The van der Waals surface area contributed by atoms with Crippen LogP contribution in [0.5, 0.6) is 0 Å². The molecule has 0 aromatic carbocycles. The van der Waals surface area contributed by atoms with Crippen molar-refractivity contribution in [2.75, 3.05) is 6.54 Å². The zero-order valence-electron chi connectivity index (χ0n) is 13.7. The maximum Gasteiger partial charge on any atom is 0.225 e. The van der Waals surface area contributed by atoms with Crippen LogP contribution in [0.4, 0.5) is 0 Å². The highest BCUT2D eigenvalue weighted by Crippen LogP contribution is 2.42. The third-order valence-corrected chi connectivity index (χ3v) is 5.59. The van der Waals surface area contributed by atoms with Gasteiger partial charge in [0, 0.05) is 43.9 Å². The lowest BCUT2D eigenvalue weighted by atomic mass is 9.65. The number of aromatic nitrogens is 2. The lowest BCUT2D eigenvalue weighted by Gasteiger charge is -2.44. The van der Waals surface area contributed by atoms with E-state index in [2.05, 4.69) is 12.0 Å². The predicted molar refractivity (Wildman–Crippen MR) is 85.8 cm³/mol. The highest BCUT2D eigenvalue weighted by molar-refractivity contribution is 5.79. The quantitative estimate of drug-likeness (QED) is 0.924. The summed E-state index contributed by atoms with van der Waals surface area (Å²) in [4.78, 5) is 14.9. The van der Waals surface area contributed by atoms with Gasteiger partial charge < -0.3 is 10.6 Å². The van der Waals surface area contributed by atoms with E-state index in [4.69, 9.17) is 5.73 Å². The first-order chi connectivity index (χ1) is 10.6. The normalized spacial score (nSPS) is 31.0. The Balaban J connectivity index is 1.66. The monoisotopic (exact) mass is 304 g/mol. The van der Waals surface area contributed by atoms with Gasteiger partial charge in [0.25, 0.3) is 0 Å². The summed E-state index contributed by atoms with van der Waals surface area (Å²) < 4.78 is 1.79. The Labute approximate surface area is 132 Å². The first-order valence-electron chi connectivity index (χ1n) is 8.60. The van der Waals surface area contributed by atoms with Crippen LogP contribution in [-0.2, 0) is 18.4 Å². The number of amides is 1. The molecule has 1 amide bonds. The number of fused-ring (bicyclic) bond motifs is 2. The summed E-state index contributed by atoms with van der Waals surface area (Å²) in [5, 5.41) is 4.19. The molecule has 2 unspecified atom stereocenters. The van der Waals surface area contributed by atoms with E-state index in [1.54, 1.807) is 4.68 Å². The van der Waals surface area contributed by atoms with Gasteiger partial charge in [-0.05, 0) is 44.4 Å². The van der Waals surface area contributed by atoms with E-state index in [-0.39, 0.29) is 5.92 Å². The molecular formula is C17H28N4O. The molecule has 1 heterocycles. The number of rotatable bonds is 4. The number of hydrogen-bond donors (Lipinski definition) is 1. The minimum absolute atomic E-state index is 0.173. The van der Waals surface area contributed by atoms with E-state index in [0.29, 0.717) is 30.3 Å². The van der Waals surface area contributed by atoms with Crippen LogP contribution in [0.15, 0.2) is 12.4 Å². The molecular weight excluding hydrogens is 276 g/mol. The highest BCUT2D eigenvalue weighted by Gasteiger charge is 2.41. The molecule has 0 saturated heterocycles. The van der Waals surface area contributed by atoms with Gasteiger partial charge in [0.15, 0.2) is 0 Å². The molecule has 2 aliphatic rings. The van der Waals surface area contributed by atoms with Crippen molar-refractivity contribution in [3.63, 3.8) is 0 Å². The van der Waals surface area contributed by atoms with Crippen LogP contribution in [0.1, 0.15) is 44.6 Å². The van der Waals surface area contributed by atoms with Gasteiger partial charge in [-0.2, -0.15) is 5.10 Å². The molecule has 1 aromatic rings. The maximum absolute atomic E-state index is 12.9. The summed E-state index contributed by atoms with van der Waals surface area (Å²) in [5.74, 6) is 1.60. The first kappa shape index (κ1) is 15.5. The van der Waals surface area contributed by atoms with E-state index in [9.17, 15) is 4.79 Å². The summed E-state index contributed by atoms with van der Waals surface area (Å²) >= 11 is 0. The largest absolute Gasteiger partial charge is 0.338 e. The topological polar surface area (TPSA) is 64.2 Å². The number of carbonyl (C=O) groups excluding carboxylic acids is 1. The Morgan fingerprint density at radius 1 is 1.41 bits per heavy atom. The van der Waals surface area contributed by atoms with Crippen LogP contribution >= 0.6 is 0 Å². The molecule has 0 aliphatic heterocycles. The van der Waals surface area contributed by atoms with Gasteiger partial charge in [-0.3, -0.25) is 9.48 Å². The van der Waals surface area contributed by atoms with Crippen molar-refractivity contribution < 1.29 is 4.79 Å². The minimum atomic E-state index is 0.173. The van der Waals surface area contributed by atoms with Gasteiger partial charge in [0.2, 0.25) is 5.91 Å². The third-order valence-electron chi connectivity index (χ3n) is 5.59. The number of hydrogen-bond acceptors (Lipinski definition) is 3. The summed E-state index contributed by atoms with van der Waals surface area (Å²) in [7, 11) is 1.91. The Morgan fingerprint density at radius 2 is 2.09 bits per heavy atom. The second-order valence-electron chi connectivity index (χ2n) is 7.07. The second-order valence-corrected chi connectivity index (χ2v) is 7.07. The summed E-state index contributed by atoms with van der Waals surface area (Å²) in [5.41, 5.74) is 7.45. The molecule has 22 heavy (non-hydrogen) atoms. The molecule has 2 N–H and O–H groups in total. The molecule has 2 aliphatic carbocycles. The highest BCUT2D eigenvalue weighted by atomic mass is 16.2.